The molecule has 0 amide bonds. The largest absolute Gasteiger partial charge is 0.302 e. The van der Waals surface area contributed by atoms with Crippen LogP contribution in [0.15, 0.2) is 0 Å². The molecule has 1 saturated carbocycles. The Bertz CT molecular complexity index is 246. The summed E-state index contributed by atoms with van der Waals surface area (Å²) in [6.45, 7) is 4.47. The van der Waals surface area contributed by atoms with Gasteiger partial charge in [0, 0.05) is 12.1 Å². The Balaban J connectivity index is 2.60. The normalized spacial score (nSPS) is 32.9. The fourth-order valence-electron chi connectivity index (χ4n) is 2.40. The maximum atomic E-state index is 9.18. The topological polar surface area (TPSA) is 39.1 Å². The average Bonchev–Trinajstić information content (AvgIpc) is 2.72. The van der Waals surface area contributed by atoms with Crippen LogP contribution >= 0.6 is 0 Å². The molecular formula is C12H23N3. The molecule has 1 rings (SSSR count). The third kappa shape index (κ3) is 2.50. The number of rotatable bonds is 4. The fourth-order valence-corrected chi connectivity index (χ4v) is 2.40. The third-order valence-corrected chi connectivity index (χ3v) is 4.04. The van der Waals surface area contributed by atoms with Gasteiger partial charge in [-0.2, -0.15) is 5.26 Å². The van der Waals surface area contributed by atoms with E-state index in [1.807, 2.05) is 7.05 Å². The van der Waals surface area contributed by atoms with Gasteiger partial charge in [0.15, 0.2) is 0 Å². The summed E-state index contributed by atoms with van der Waals surface area (Å²) >= 11 is 0. The molecule has 0 radical (unpaired) electrons. The van der Waals surface area contributed by atoms with Gasteiger partial charge >= 0.3 is 0 Å². The molecule has 0 heterocycles. The van der Waals surface area contributed by atoms with Gasteiger partial charge in [-0.3, -0.25) is 0 Å². The van der Waals surface area contributed by atoms with E-state index in [-0.39, 0.29) is 5.54 Å². The van der Waals surface area contributed by atoms with Crippen LogP contribution in [-0.4, -0.2) is 36.6 Å². The lowest BCUT2D eigenvalue weighted by molar-refractivity contribution is 0.177. The van der Waals surface area contributed by atoms with E-state index in [4.69, 9.17) is 0 Å². The van der Waals surface area contributed by atoms with E-state index in [1.165, 1.54) is 6.42 Å². The lowest BCUT2D eigenvalue weighted by atomic mass is 9.99. The zero-order valence-electron chi connectivity index (χ0n) is 10.4. The minimum atomic E-state index is -0.271. The van der Waals surface area contributed by atoms with Crippen LogP contribution in [0, 0.1) is 11.3 Å². The van der Waals surface area contributed by atoms with E-state index >= 15 is 0 Å². The molecule has 0 aliphatic heterocycles. The van der Waals surface area contributed by atoms with Gasteiger partial charge in [-0.05, 0) is 46.7 Å². The number of hydrogen-bond donors (Lipinski definition) is 1. The van der Waals surface area contributed by atoms with E-state index in [0.717, 1.165) is 19.3 Å². The minimum Gasteiger partial charge on any atom is -0.302 e. The Hall–Kier alpha value is -0.590. The van der Waals surface area contributed by atoms with Crippen LogP contribution < -0.4 is 5.32 Å². The van der Waals surface area contributed by atoms with Crippen molar-refractivity contribution in [3.63, 3.8) is 0 Å². The lowest BCUT2D eigenvalue weighted by Gasteiger charge is -2.31. The second kappa shape index (κ2) is 4.96. The third-order valence-electron chi connectivity index (χ3n) is 4.04. The van der Waals surface area contributed by atoms with Crippen LogP contribution in [0.4, 0.5) is 0 Å². The molecule has 0 aromatic rings. The highest BCUT2D eigenvalue weighted by atomic mass is 15.2. The van der Waals surface area contributed by atoms with Crippen LogP contribution in [0.1, 0.15) is 39.5 Å². The smallest absolute Gasteiger partial charge is 0.108 e. The second-order valence-corrected chi connectivity index (χ2v) is 4.76. The SMILES string of the molecule is CCC(C)N(C)C1CCC(C#N)(NC)C1. The van der Waals surface area contributed by atoms with Gasteiger partial charge in [-0.1, -0.05) is 6.92 Å². The standard InChI is InChI=1S/C12H23N3/c1-5-10(2)15(4)11-6-7-12(8-11,9-13)14-3/h10-11,14H,5-8H2,1-4H3. The maximum absolute atomic E-state index is 9.18. The number of nitrogens with one attached hydrogen (secondary N) is 1. The highest BCUT2D eigenvalue weighted by Crippen LogP contribution is 2.32. The lowest BCUT2D eigenvalue weighted by Crippen LogP contribution is -2.43. The van der Waals surface area contributed by atoms with Gasteiger partial charge in [0.2, 0.25) is 0 Å². The van der Waals surface area contributed by atoms with E-state index in [1.54, 1.807) is 0 Å². The molecule has 0 bridgehead atoms. The summed E-state index contributed by atoms with van der Waals surface area (Å²) in [4.78, 5) is 2.43. The number of nitriles is 1. The monoisotopic (exact) mass is 209 g/mol. The molecule has 1 N–H and O–H groups in total. The molecule has 15 heavy (non-hydrogen) atoms. The van der Waals surface area contributed by atoms with Crippen LogP contribution in [0.5, 0.6) is 0 Å². The quantitative estimate of drug-likeness (QED) is 0.766. The van der Waals surface area contributed by atoms with Crippen molar-refractivity contribution in [2.75, 3.05) is 14.1 Å². The molecule has 3 nitrogen and oxygen atoms in total. The van der Waals surface area contributed by atoms with Crippen LogP contribution in [0.3, 0.4) is 0 Å². The Morgan fingerprint density at radius 1 is 1.67 bits per heavy atom. The first-order valence-corrected chi connectivity index (χ1v) is 5.90. The summed E-state index contributed by atoms with van der Waals surface area (Å²) in [5.74, 6) is 0. The summed E-state index contributed by atoms with van der Waals surface area (Å²) in [5.41, 5.74) is -0.271. The molecule has 3 heteroatoms. The molecule has 86 valence electrons. The summed E-state index contributed by atoms with van der Waals surface area (Å²) in [6, 6.07) is 3.61. The highest BCUT2D eigenvalue weighted by molar-refractivity contribution is 5.12. The van der Waals surface area contributed by atoms with Crippen molar-refractivity contribution in [1.29, 1.82) is 5.26 Å². The van der Waals surface area contributed by atoms with Crippen molar-refractivity contribution < 1.29 is 0 Å². The zero-order chi connectivity index (χ0) is 11.5. The molecule has 1 aliphatic carbocycles. The average molecular weight is 209 g/mol. The Morgan fingerprint density at radius 2 is 2.33 bits per heavy atom. The fraction of sp³-hybridized carbons (Fsp3) is 0.917. The minimum absolute atomic E-state index is 0.271. The highest BCUT2D eigenvalue weighted by Gasteiger charge is 2.40. The Labute approximate surface area is 93.5 Å². The van der Waals surface area contributed by atoms with Gasteiger partial charge in [0.25, 0.3) is 0 Å². The summed E-state index contributed by atoms with van der Waals surface area (Å²) in [6.07, 6.45) is 4.24. The summed E-state index contributed by atoms with van der Waals surface area (Å²) in [5, 5.41) is 12.4. The van der Waals surface area contributed by atoms with Gasteiger partial charge in [-0.15, -0.1) is 0 Å². The molecule has 0 saturated heterocycles. The second-order valence-electron chi connectivity index (χ2n) is 4.76. The van der Waals surface area contributed by atoms with Crippen LogP contribution in [0.2, 0.25) is 0 Å². The predicted octanol–water partition coefficient (Wildman–Crippen LogP) is 1.75. The van der Waals surface area contributed by atoms with Crippen LogP contribution in [0.25, 0.3) is 0 Å². The van der Waals surface area contributed by atoms with Crippen molar-refractivity contribution in [2.45, 2.75) is 57.2 Å². The Kier molecular flexibility index (Phi) is 4.12. The van der Waals surface area contributed by atoms with Crippen LogP contribution in [-0.2, 0) is 0 Å². The van der Waals surface area contributed by atoms with Crippen molar-refractivity contribution in [3.8, 4) is 6.07 Å². The first-order valence-electron chi connectivity index (χ1n) is 5.90. The molecule has 0 aromatic heterocycles. The number of nitrogens with zero attached hydrogens (tertiary/aromatic N) is 2. The van der Waals surface area contributed by atoms with Crippen molar-refractivity contribution >= 4 is 0 Å². The molecule has 3 unspecified atom stereocenters. The Morgan fingerprint density at radius 3 is 2.73 bits per heavy atom. The summed E-state index contributed by atoms with van der Waals surface area (Å²) in [7, 11) is 4.08. The molecule has 0 spiro atoms. The van der Waals surface area contributed by atoms with E-state index in [9.17, 15) is 5.26 Å². The van der Waals surface area contributed by atoms with Gasteiger partial charge in [0.05, 0.1) is 6.07 Å². The van der Waals surface area contributed by atoms with E-state index < -0.39 is 0 Å². The van der Waals surface area contributed by atoms with Gasteiger partial charge in [0.1, 0.15) is 5.54 Å². The molecule has 1 fully saturated rings. The zero-order valence-corrected chi connectivity index (χ0v) is 10.4. The molecule has 0 aromatic carbocycles. The summed E-state index contributed by atoms with van der Waals surface area (Å²) < 4.78 is 0. The molecular weight excluding hydrogens is 186 g/mol. The van der Waals surface area contributed by atoms with Gasteiger partial charge in [-0.25, -0.2) is 0 Å². The maximum Gasteiger partial charge on any atom is 0.108 e. The first kappa shape index (κ1) is 12.5. The van der Waals surface area contributed by atoms with E-state index in [0.29, 0.717) is 12.1 Å². The van der Waals surface area contributed by atoms with Gasteiger partial charge < -0.3 is 10.2 Å². The van der Waals surface area contributed by atoms with Crippen molar-refractivity contribution in [3.05, 3.63) is 0 Å². The first-order chi connectivity index (χ1) is 7.08. The van der Waals surface area contributed by atoms with Crippen molar-refractivity contribution in [2.24, 2.45) is 0 Å². The molecule has 1 aliphatic rings. The molecule has 3 atom stereocenters. The predicted molar refractivity (Wildman–Crippen MR) is 62.6 cm³/mol. The van der Waals surface area contributed by atoms with E-state index in [2.05, 4.69) is 37.2 Å². The number of hydrogen-bond acceptors (Lipinski definition) is 3. The van der Waals surface area contributed by atoms with Crippen molar-refractivity contribution in [1.82, 2.24) is 10.2 Å².